The Hall–Kier alpha value is -4.24. The maximum absolute atomic E-state index is 15.1. The number of carbonyl (C=O) groups excluding carboxylic acids is 1. The third kappa shape index (κ3) is 6.15. The summed E-state index contributed by atoms with van der Waals surface area (Å²) < 4.78 is 181. The number of phosphoric ester groups is 1. The number of ether oxygens (including phenoxy) is 4. The van der Waals surface area contributed by atoms with Gasteiger partial charge in [-0.25, -0.2) is 18.9 Å². The molecule has 1 aromatic carbocycles. The normalized spacial score (nSPS) is 22.4. The van der Waals surface area contributed by atoms with Gasteiger partial charge in [0.2, 0.25) is 11.7 Å². The van der Waals surface area contributed by atoms with Crippen molar-refractivity contribution in [3.63, 3.8) is 0 Å². The van der Waals surface area contributed by atoms with Gasteiger partial charge in [-0.15, -0.1) is 0 Å². The lowest BCUT2D eigenvalue weighted by Crippen LogP contribution is -2.53. The summed E-state index contributed by atoms with van der Waals surface area (Å²) >= 11 is 0. The van der Waals surface area contributed by atoms with Crippen LogP contribution in [0.5, 0.6) is 23.0 Å². The van der Waals surface area contributed by atoms with Crippen LogP contribution in [0.25, 0.3) is 0 Å². The van der Waals surface area contributed by atoms with Gasteiger partial charge in [-0.2, -0.15) is 4.98 Å². The highest BCUT2D eigenvalue weighted by atomic mass is 31.2. The number of rotatable bonds is 10. The van der Waals surface area contributed by atoms with E-state index in [1.54, 1.807) is 0 Å². The summed E-state index contributed by atoms with van der Waals surface area (Å²) in [6.45, 7) is -11.8. The van der Waals surface area contributed by atoms with Crippen molar-refractivity contribution >= 4 is 42.8 Å². The van der Waals surface area contributed by atoms with E-state index >= 15 is 4.39 Å². The Morgan fingerprint density at radius 2 is 1.88 bits per heavy atom. The number of pyridine rings is 1. The van der Waals surface area contributed by atoms with Crippen molar-refractivity contribution in [2.24, 2.45) is 0 Å². The smallest absolute Gasteiger partial charge is 0.471 e. The lowest BCUT2D eigenvalue weighted by molar-refractivity contribution is -0.133. The number of fused-ring (bicyclic) bond motifs is 1. The molecule has 4 rings (SSSR count). The highest BCUT2D eigenvalue weighted by Gasteiger charge is 2.42. The van der Waals surface area contributed by atoms with Crippen molar-refractivity contribution in [1.29, 1.82) is 0 Å². The van der Waals surface area contributed by atoms with E-state index in [1.165, 1.54) is 0 Å². The molecule has 2 aromatic heterocycles. The summed E-state index contributed by atoms with van der Waals surface area (Å²) in [6.07, 6.45) is 0.536. The first-order chi connectivity index (χ1) is 25.5. The van der Waals surface area contributed by atoms with Crippen LogP contribution in [0.2, 0.25) is 0 Å². The first-order valence-electron chi connectivity index (χ1n) is 18.6. The molecule has 214 valence electrons. The van der Waals surface area contributed by atoms with Gasteiger partial charge in [0, 0.05) is 26.0 Å². The van der Waals surface area contributed by atoms with E-state index in [0.29, 0.717) is 6.20 Å². The zero-order valence-corrected chi connectivity index (χ0v) is 20.1. The molecule has 0 unspecified atom stereocenters. The second-order valence-corrected chi connectivity index (χ2v) is 8.53. The number of anilines is 5. The average molecular weight is 598 g/mol. The fourth-order valence-corrected chi connectivity index (χ4v) is 3.24. The lowest BCUT2D eigenvalue weighted by Gasteiger charge is -2.37. The first-order valence-corrected chi connectivity index (χ1v) is 11.7. The van der Waals surface area contributed by atoms with Gasteiger partial charge < -0.3 is 39.4 Å². The minimum atomic E-state index is -5.87. The highest BCUT2D eigenvalue weighted by Crippen LogP contribution is 2.42. The van der Waals surface area contributed by atoms with Gasteiger partial charge in [0.15, 0.2) is 40.3 Å². The molecule has 0 radical (unpaired) electrons. The second kappa shape index (κ2) is 11.1. The number of nitrogens with one attached hydrogen (secondary N) is 2. The third-order valence-corrected chi connectivity index (χ3v) is 4.98. The van der Waals surface area contributed by atoms with Gasteiger partial charge in [0.1, 0.15) is 12.5 Å². The van der Waals surface area contributed by atoms with Crippen molar-refractivity contribution in [3.8, 4) is 23.0 Å². The Labute approximate surface area is 251 Å². The van der Waals surface area contributed by atoms with E-state index in [0.717, 1.165) is 24.3 Å². The predicted molar refractivity (Wildman–Crippen MR) is 139 cm³/mol. The fraction of sp³-hybridized carbons (Fsp3) is 0.304. The molecule has 0 spiro atoms. The van der Waals surface area contributed by atoms with E-state index in [-0.39, 0.29) is 5.69 Å². The molecular formula is C23H26FN6O9P. The van der Waals surface area contributed by atoms with Crippen LogP contribution in [0.3, 0.4) is 0 Å². The zero-order valence-electron chi connectivity index (χ0n) is 36.3. The summed E-state index contributed by atoms with van der Waals surface area (Å²) in [6, 6.07) is 3.22. The molecule has 0 bridgehead atoms. The lowest BCUT2D eigenvalue weighted by atomic mass is 10.1. The maximum Gasteiger partial charge on any atom is 0.471 e. The molecule has 1 aliphatic rings. The second-order valence-electron chi connectivity index (χ2n) is 7.36. The van der Waals surface area contributed by atoms with Gasteiger partial charge in [0.05, 0.1) is 42.4 Å². The molecule has 0 saturated heterocycles. The fourth-order valence-electron chi connectivity index (χ4n) is 3.05. The van der Waals surface area contributed by atoms with Crippen LogP contribution in [-0.4, -0.2) is 64.0 Å². The van der Waals surface area contributed by atoms with Crippen molar-refractivity contribution in [3.05, 3.63) is 36.3 Å². The molecule has 1 amide bonds. The molecule has 0 atom stereocenters. The summed E-state index contributed by atoms with van der Waals surface area (Å²) in [7, 11) is -15.7. The molecule has 1 aliphatic heterocycles. The number of methoxy groups -OCH3 is 3. The standard InChI is InChI=1S/C23H26FN6O9P/c1-23(2)21(31)30(11-38-40(32,33)34)20-14(39-23)6-7-17(28-20)27-19-13(24)10-25-22(29-19)26-12-8-15(35-3)18(37-5)16(9-12)36-4/h6-10H,11H2,1-5H3,(H2,32,33,34)(H2,25,26,27,28,29)/i1D3,2D3,3D3,4D3,5D3,11D2. The SMILES string of the molecule is [2H]C([2H])([2H])Oc1cc(Nc2ncc(F)c(Nc3ccc4c(n3)N(C([2H])([2H])OP(=O)(O)O)C(=O)C(C([2H])([2H])[2H])(C([2H])([2H])[2H])O4)n2)cc(OC([2H])([2H])[2H])c1OC([2H])([2H])[2H]. The Kier molecular flexibility index (Phi) is 3.85. The molecule has 15 nitrogen and oxygen atoms in total. The average Bonchev–Trinajstić information content (AvgIpc) is 2.95. The third-order valence-electron chi connectivity index (χ3n) is 4.66. The van der Waals surface area contributed by atoms with E-state index in [9.17, 15) is 19.1 Å². The number of carbonyl (C=O) groups is 1. The van der Waals surface area contributed by atoms with Crippen LogP contribution in [-0.2, 0) is 13.9 Å². The first kappa shape index (κ1) is 13.9. The van der Waals surface area contributed by atoms with E-state index in [1.807, 2.05) is 0 Å². The van der Waals surface area contributed by atoms with Crippen LogP contribution in [0.1, 0.15) is 37.0 Å². The van der Waals surface area contributed by atoms with Crippen molar-refractivity contribution in [1.82, 2.24) is 15.0 Å². The maximum atomic E-state index is 15.1. The summed E-state index contributed by atoms with van der Waals surface area (Å²) in [5.74, 6) is -10.3. The number of nitrogens with zero attached hydrogens (tertiary/aromatic N) is 4. The molecular weight excluding hydrogens is 554 g/mol. The van der Waals surface area contributed by atoms with Crippen molar-refractivity contribution in [2.45, 2.75) is 19.3 Å². The van der Waals surface area contributed by atoms with Crippen LogP contribution in [0.15, 0.2) is 30.5 Å². The minimum absolute atomic E-state index is 0.360. The Morgan fingerprint density at radius 3 is 2.52 bits per heavy atom. The molecule has 17 heteroatoms. The summed E-state index contributed by atoms with van der Waals surface area (Å²) in [5.41, 5.74) is -4.24. The number of halogens is 1. The number of hydrogen-bond acceptors (Lipinski definition) is 12. The van der Waals surface area contributed by atoms with E-state index in [2.05, 4.69) is 30.1 Å². The summed E-state index contributed by atoms with van der Waals surface area (Å²) in [5, 5.41) is 4.74. The van der Waals surface area contributed by atoms with E-state index < -0.39 is 118 Å². The number of phosphoric acid groups is 1. The number of aromatic nitrogens is 3. The quantitative estimate of drug-likeness (QED) is 0.250. The number of benzene rings is 1. The van der Waals surface area contributed by atoms with Crippen molar-refractivity contribution in [2.75, 3.05) is 43.3 Å². The molecule has 0 saturated carbocycles. The Morgan fingerprint density at radius 1 is 1.15 bits per heavy atom. The van der Waals surface area contributed by atoms with E-state index in [4.69, 9.17) is 42.3 Å². The molecule has 0 fully saturated rings. The van der Waals surface area contributed by atoms with Gasteiger partial charge in [-0.1, -0.05) is 0 Å². The molecule has 3 heterocycles. The Balaban J connectivity index is 1.81. The highest BCUT2D eigenvalue weighted by molar-refractivity contribution is 7.46. The summed E-state index contributed by atoms with van der Waals surface area (Å²) in [4.78, 5) is 43.3. The van der Waals surface area contributed by atoms with Crippen LogP contribution >= 0.6 is 7.82 Å². The molecule has 40 heavy (non-hydrogen) atoms. The number of hydrogen-bond donors (Lipinski definition) is 4. The molecule has 0 aliphatic carbocycles. The van der Waals surface area contributed by atoms with Gasteiger partial charge in [-0.05, 0) is 25.8 Å². The topological polar surface area (TPSA) is 187 Å². The monoisotopic (exact) mass is 597 g/mol. The zero-order chi connectivity index (χ0) is 43.5. The van der Waals surface area contributed by atoms with Gasteiger partial charge >= 0.3 is 7.82 Å². The van der Waals surface area contributed by atoms with Crippen LogP contribution < -0.4 is 34.5 Å². The predicted octanol–water partition coefficient (Wildman–Crippen LogP) is 3.09. The number of amides is 1. The van der Waals surface area contributed by atoms with Crippen molar-refractivity contribution < 1.29 is 70.3 Å². The Bertz CT molecular complexity index is 2030. The molecule has 4 N–H and O–H groups in total. The molecule has 3 aromatic rings. The van der Waals surface area contributed by atoms with Crippen LogP contribution in [0.4, 0.5) is 33.5 Å². The minimum Gasteiger partial charge on any atom is -0.493 e. The van der Waals surface area contributed by atoms with Crippen LogP contribution in [0, 0.1) is 5.82 Å². The van der Waals surface area contributed by atoms with Gasteiger partial charge in [0.25, 0.3) is 5.91 Å². The van der Waals surface area contributed by atoms with Gasteiger partial charge in [-0.3, -0.25) is 14.2 Å². The largest absolute Gasteiger partial charge is 0.493 e.